The minimum atomic E-state index is -3.87. The van der Waals surface area contributed by atoms with Crippen LogP contribution >= 0.6 is 0 Å². The van der Waals surface area contributed by atoms with Crippen LogP contribution in [0.1, 0.15) is 39.5 Å². The summed E-state index contributed by atoms with van der Waals surface area (Å²) in [6.45, 7) is 6.09. The van der Waals surface area contributed by atoms with Crippen molar-refractivity contribution in [1.82, 2.24) is 4.31 Å². The number of benzene rings is 1. The van der Waals surface area contributed by atoms with Gasteiger partial charge in [-0.2, -0.15) is 4.31 Å². The molecule has 0 saturated carbocycles. The van der Waals surface area contributed by atoms with E-state index in [0.717, 1.165) is 30.7 Å². The number of carboxylic acids is 1. The molecule has 3 N–H and O–H groups in total. The summed E-state index contributed by atoms with van der Waals surface area (Å²) in [4.78, 5) is 13.8. The van der Waals surface area contributed by atoms with Crippen LogP contribution in [0.2, 0.25) is 0 Å². The number of carbonyl (C=O) groups is 1. The molecule has 8 nitrogen and oxygen atoms in total. The molecule has 2 rings (SSSR count). The van der Waals surface area contributed by atoms with Gasteiger partial charge in [0.15, 0.2) is 5.54 Å². The van der Waals surface area contributed by atoms with E-state index in [1.165, 1.54) is 4.31 Å². The number of hydrogen-bond donors (Lipinski definition) is 2. The molecule has 1 aromatic rings. The Morgan fingerprint density at radius 1 is 1.16 bits per heavy atom. The summed E-state index contributed by atoms with van der Waals surface area (Å²) < 4.78 is 32.5. The minimum Gasteiger partial charge on any atom is -0.494 e. The highest BCUT2D eigenvalue weighted by molar-refractivity contribution is 7.89. The first-order valence-electron chi connectivity index (χ1n) is 10.7. The molecule has 0 radical (unpaired) electrons. The predicted molar refractivity (Wildman–Crippen MR) is 122 cm³/mol. The van der Waals surface area contributed by atoms with Crippen LogP contribution in [-0.4, -0.2) is 67.9 Å². The van der Waals surface area contributed by atoms with Crippen LogP contribution in [-0.2, 0) is 14.8 Å². The van der Waals surface area contributed by atoms with E-state index in [-0.39, 0.29) is 13.1 Å². The number of sulfonamides is 1. The number of unbranched alkanes of at least 4 members (excludes halogenated alkanes) is 3. The number of aliphatic carboxylic acids is 1. The lowest BCUT2D eigenvalue weighted by Crippen LogP contribution is -2.57. The summed E-state index contributed by atoms with van der Waals surface area (Å²) >= 11 is 0. The fraction of sp³-hybridized carbons (Fsp3) is 0.591. The largest absolute Gasteiger partial charge is 0.494 e. The molecule has 1 aliphatic rings. The molecule has 0 aromatic heterocycles. The summed E-state index contributed by atoms with van der Waals surface area (Å²) in [6, 6.07) is 7.66. The highest BCUT2D eigenvalue weighted by atomic mass is 32.2. The van der Waals surface area contributed by atoms with Crippen LogP contribution in [0.5, 0.6) is 5.75 Å². The van der Waals surface area contributed by atoms with E-state index in [9.17, 15) is 18.3 Å². The number of hydrogen-bond acceptors (Lipinski definition) is 6. The molecular formula is C22H33N3O5S. The molecule has 31 heavy (non-hydrogen) atoms. The molecule has 1 atom stereocenters. The average molecular weight is 452 g/mol. The van der Waals surface area contributed by atoms with Crippen molar-refractivity contribution < 1.29 is 23.1 Å². The third-order valence-corrected chi connectivity index (χ3v) is 7.13. The van der Waals surface area contributed by atoms with E-state index in [4.69, 9.17) is 10.5 Å². The van der Waals surface area contributed by atoms with Gasteiger partial charge in [0.2, 0.25) is 10.0 Å². The van der Waals surface area contributed by atoms with E-state index in [1.54, 1.807) is 0 Å². The number of ether oxygens (including phenoxy) is 1. The van der Waals surface area contributed by atoms with Crippen molar-refractivity contribution in [2.24, 2.45) is 5.73 Å². The zero-order chi connectivity index (χ0) is 22.9. The summed E-state index contributed by atoms with van der Waals surface area (Å²) in [6.07, 6.45) is 3.34. The van der Waals surface area contributed by atoms with Gasteiger partial charge in [0.05, 0.1) is 6.61 Å². The zero-order valence-electron chi connectivity index (χ0n) is 18.3. The van der Waals surface area contributed by atoms with Crippen LogP contribution < -0.4 is 15.4 Å². The molecule has 1 aliphatic heterocycles. The second kappa shape index (κ2) is 11.4. The second-order valence-corrected chi connectivity index (χ2v) is 9.57. The Bertz CT molecular complexity index is 884. The number of nitrogens with zero attached hydrogens (tertiary/aromatic N) is 2. The summed E-state index contributed by atoms with van der Waals surface area (Å²) in [5, 5.41) is 9.52. The third-order valence-electron chi connectivity index (χ3n) is 5.15. The molecule has 1 unspecified atom stereocenters. The van der Waals surface area contributed by atoms with Crippen molar-refractivity contribution in [3.05, 3.63) is 24.3 Å². The maximum absolute atomic E-state index is 12.9. The lowest BCUT2D eigenvalue weighted by molar-refractivity contribution is -0.140. The number of rotatable bonds is 10. The van der Waals surface area contributed by atoms with Crippen molar-refractivity contribution in [3.8, 4) is 17.6 Å². The first-order valence-corrected chi connectivity index (χ1v) is 12.3. The third kappa shape index (κ3) is 7.13. The molecule has 1 saturated heterocycles. The van der Waals surface area contributed by atoms with Crippen molar-refractivity contribution in [3.63, 3.8) is 0 Å². The first kappa shape index (κ1) is 25.0. The smallest absolute Gasteiger partial charge is 0.337 e. The molecule has 1 heterocycles. The van der Waals surface area contributed by atoms with Gasteiger partial charge >= 0.3 is 5.97 Å². The molecule has 1 aromatic carbocycles. The Balaban J connectivity index is 1.99. The summed E-state index contributed by atoms with van der Waals surface area (Å²) in [7, 11) is -3.87. The fourth-order valence-electron chi connectivity index (χ4n) is 3.36. The first-order chi connectivity index (χ1) is 14.7. The molecule has 9 heteroatoms. The van der Waals surface area contributed by atoms with E-state index in [1.807, 2.05) is 31.2 Å². The van der Waals surface area contributed by atoms with Crippen molar-refractivity contribution in [2.75, 3.05) is 43.4 Å². The minimum absolute atomic E-state index is 0.259. The average Bonchev–Trinajstić information content (AvgIpc) is 2.74. The fourth-order valence-corrected chi connectivity index (χ4v) is 5.03. The molecular weight excluding hydrogens is 418 g/mol. The SMILES string of the molecule is CCCCCC#CC(N)(CS(=O)(=O)N1CCN(c2ccc(OCC)cc2)CC1)C(=O)O. The van der Waals surface area contributed by atoms with Crippen LogP contribution in [0.25, 0.3) is 0 Å². The van der Waals surface area contributed by atoms with E-state index < -0.39 is 27.3 Å². The Hall–Kier alpha value is -2.28. The maximum Gasteiger partial charge on any atom is 0.337 e. The lowest BCUT2D eigenvalue weighted by atomic mass is 10.0. The summed E-state index contributed by atoms with van der Waals surface area (Å²) in [5.41, 5.74) is 4.77. The van der Waals surface area contributed by atoms with E-state index >= 15 is 0 Å². The van der Waals surface area contributed by atoms with Gasteiger partial charge in [0, 0.05) is 38.3 Å². The van der Waals surface area contributed by atoms with Crippen LogP contribution in [0.3, 0.4) is 0 Å². The van der Waals surface area contributed by atoms with Gasteiger partial charge in [-0.15, -0.1) is 5.92 Å². The number of nitrogens with two attached hydrogens (primary N) is 1. The van der Waals surface area contributed by atoms with Gasteiger partial charge in [-0.25, -0.2) is 13.2 Å². The van der Waals surface area contributed by atoms with Crippen molar-refractivity contribution in [2.45, 2.75) is 45.1 Å². The quantitative estimate of drug-likeness (QED) is 0.413. The number of piperazine rings is 1. The number of anilines is 1. The predicted octanol–water partition coefficient (Wildman–Crippen LogP) is 1.90. The van der Waals surface area contributed by atoms with Gasteiger partial charge in [-0.1, -0.05) is 25.7 Å². The van der Waals surface area contributed by atoms with Crippen LogP contribution in [0.4, 0.5) is 5.69 Å². The standard InChI is InChI=1S/C22H33N3O5S/c1-3-5-6-7-8-13-22(23,21(26)27)18-31(28,29)25-16-14-24(15-17-25)19-9-11-20(12-10-19)30-4-2/h9-12H,3-7,14-18,23H2,1-2H3,(H,26,27). The number of carboxylic acid groups (broad SMARTS) is 1. The monoisotopic (exact) mass is 451 g/mol. The second-order valence-electron chi connectivity index (χ2n) is 7.60. The normalized spacial score (nSPS) is 16.8. The Labute approximate surface area is 185 Å². The molecule has 0 bridgehead atoms. The van der Waals surface area contributed by atoms with Crippen molar-refractivity contribution >= 4 is 21.7 Å². The Kier molecular flexibility index (Phi) is 9.16. The molecule has 0 aliphatic carbocycles. The van der Waals surface area contributed by atoms with Gasteiger partial charge < -0.3 is 20.5 Å². The van der Waals surface area contributed by atoms with Crippen LogP contribution in [0.15, 0.2) is 24.3 Å². The molecule has 0 amide bonds. The maximum atomic E-state index is 12.9. The highest BCUT2D eigenvalue weighted by Crippen LogP contribution is 2.22. The van der Waals surface area contributed by atoms with Gasteiger partial charge in [-0.3, -0.25) is 0 Å². The summed E-state index contributed by atoms with van der Waals surface area (Å²) in [5.74, 6) is 3.88. The highest BCUT2D eigenvalue weighted by Gasteiger charge is 2.40. The van der Waals surface area contributed by atoms with E-state index in [2.05, 4.69) is 23.7 Å². The van der Waals surface area contributed by atoms with Crippen molar-refractivity contribution in [1.29, 1.82) is 0 Å². The molecule has 172 valence electrons. The van der Waals surface area contributed by atoms with E-state index in [0.29, 0.717) is 26.1 Å². The van der Waals surface area contributed by atoms with Gasteiger partial charge in [0.25, 0.3) is 0 Å². The van der Waals surface area contributed by atoms with Crippen LogP contribution in [0, 0.1) is 11.8 Å². The molecule has 0 spiro atoms. The lowest BCUT2D eigenvalue weighted by Gasteiger charge is -2.36. The Morgan fingerprint density at radius 3 is 2.35 bits per heavy atom. The van der Waals surface area contributed by atoms with Gasteiger partial charge in [-0.05, 0) is 37.6 Å². The van der Waals surface area contributed by atoms with Gasteiger partial charge in [0.1, 0.15) is 11.5 Å². The topological polar surface area (TPSA) is 113 Å². The molecule has 1 fully saturated rings. The zero-order valence-corrected chi connectivity index (χ0v) is 19.2. The Morgan fingerprint density at radius 2 is 1.81 bits per heavy atom.